The van der Waals surface area contributed by atoms with Crippen molar-refractivity contribution in [1.29, 1.82) is 0 Å². The van der Waals surface area contributed by atoms with Crippen LogP contribution in [0.1, 0.15) is 38.7 Å². The Balaban J connectivity index is 1.41. The van der Waals surface area contributed by atoms with Crippen LogP contribution in [0.3, 0.4) is 0 Å². The number of hydrazone groups is 1. The number of H-pyrrole nitrogens is 1. The molecule has 2 aromatic heterocycles. The first-order chi connectivity index (χ1) is 21.9. The predicted octanol–water partition coefficient (Wildman–Crippen LogP) is -0.957. The number of nitrogens with zero attached hydrogens (tertiary/aromatic N) is 2. The molecule has 0 radical (unpaired) electrons. The molecule has 3 aromatic rings. The number of phenols is 1. The Morgan fingerprint density at radius 3 is 2.37 bits per heavy atom. The summed E-state index contributed by atoms with van der Waals surface area (Å²) in [7, 11) is 1.11. The average Bonchev–Trinajstić information content (AvgIpc) is 3.68. The highest BCUT2D eigenvalue weighted by Crippen LogP contribution is 2.54. The van der Waals surface area contributed by atoms with Crippen molar-refractivity contribution >= 4 is 45.7 Å². The molecule has 1 aromatic carbocycles. The summed E-state index contributed by atoms with van der Waals surface area (Å²) in [6.07, 6.45) is 1.19. The van der Waals surface area contributed by atoms with Gasteiger partial charge in [-0.25, -0.2) is 10.4 Å². The van der Waals surface area contributed by atoms with Crippen LogP contribution in [0, 0.1) is 17.4 Å². The van der Waals surface area contributed by atoms with Gasteiger partial charge in [0.1, 0.15) is 28.4 Å². The fourth-order valence-electron chi connectivity index (χ4n) is 6.52. The van der Waals surface area contributed by atoms with Crippen LogP contribution in [-0.2, 0) is 11.8 Å². The van der Waals surface area contributed by atoms with Gasteiger partial charge in [-0.2, -0.15) is 5.10 Å². The third-order valence-corrected chi connectivity index (χ3v) is 9.27. The molecule has 5 N–H and O–H groups in total. The van der Waals surface area contributed by atoms with E-state index in [1.807, 2.05) is 0 Å². The Kier molecular flexibility index (Phi) is 6.11. The molecule has 15 heteroatoms. The number of carbonyl (C=O) groups is 1. The third-order valence-electron chi connectivity index (χ3n) is 8.50. The van der Waals surface area contributed by atoms with E-state index >= 15 is 0 Å². The van der Waals surface area contributed by atoms with Crippen LogP contribution in [0.25, 0.3) is 22.3 Å². The van der Waals surface area contributed by atoms with Crippen molar-refractivity contribution in [1.82, 2.24) is 15.4 Å². The number of amides is 1. The van der Waals surface area contributed by atoms with E-state index in [2.05, 4.69) is 20.5 Å². The standard InChI is InChI=1S/C31H20N4O10S/c1-10-33-14(9-46-10)29(43)35-32-8-13-6-12-5-11-3-4-31(22(11)26(40)17(12)30(44)34-13)27(41)20-21(28(31)42)25(39)19-18(24(20)38)15(36)7-16(45-2)23(19)37/h5-9,40-42H,3-4H2,1-2H3,(H,34,44)(H,35,43)/b32-8+. The number of hydrogen-bond acceptors (Lipinski definition) is 13. The zero-order valence-corrected chi connectivity index (χ0v) is 24.6. The fourth-order valence-corrected chi connectivity index (χ4v) is 7.12. The van der Waals surface area contributed by atoms with Gasteiger partial charge in [0, 0.05) is 17.0 Å². The van der Waals surface area contributed by atoms with Gasteiger partial charge < -0.3 is 25.0 Å². The van der Waals surface area contributed by atoms with Gasteiger partial charge in [0.05, 0.1) is 50.3 Å². The molecule has 0 saturated carbocycles. The second-order valence-corrected chi connectivity index (χ2v) is 12.0. The Labute approximate surface area is 257 Å². The fraction of sp³-hybridized carbons (Fsp3) is 0.161. The van der Waals surface area contributed by atoms with E-state index in [-0.39, 0.29) is 40.6 Å². The molecular formula is C31H20N4O10S. The summed E-state index contributed by atoms with van der Waals surface area (Å²) in [5.74, 6) is -3.22. The van der Waals surface area contributed by atoms with Gasteiger partial charge >= 0.3 is 0 Å². The number of thiazole rings is 1. The Morgan fingerprint density at radius 2 is 1.72 bits per heavy atom. The van der Waals surface area contributed by atoms with Crippen molar-refractivity contribution in [3.05, 3.63) is 123 Å². The SMILES string of the molecule is COc1cc(=O)c2c(=O)c3c(c(=O)c=2c1=O)=C(O)C1(CCc2cc4cc(/C=N/NC(=O)c5csc(C)n5)[nH]c(=O)c4c(O)c21)C=3O. The van der Waals surface area contributed by atoms with Gasteiger partial charge in [-0.3, -0.25) is 28.8 Å². The first-order valence-corrected chi connectivity index (χ1v) is 14.5. The van der Waals surface area contributed by atoms with Crippen LogP contribution >= 0.6 is 11.3 Å². The molecule has 4 aliphatic rings. The lowest BCUT2D eigenvalue weighted by molar-refractivity contribution is 0.0950. The van der Waals surface area contributed by atoms with E-state index in [9.17, 15) is 44.1 Å². The van der Waals surface area contributed by atoms with Crippen LogP contribution < -0.4 is 47.9 Å². The lowest BCUT2D eigenvalue weighted by Gasteiger charge is -2.27. The molecule has 2 heterocycles. The normalized spacial score (nSPS) is 17.0. The molecule has 14 nitrogen and oxygen atoms in total. The van der Waals surface area contributed by atoms with Gasteiger partial charge in [-0.15, -0.1) is 11.3 Å². The number of carbonyl (C=O) groups excluding carboxylic acids is 1. The number of ether oxygens (including phenoxy) is 1. The van der Waals surface area contributed by atoms with Crippen LogP contribution in [-0.4, -0.2) is 44.5 Å². The molecule has 7 rings (SSSR count). The summed E-state index contributed by atoms with van der Waals surface area (Å²) in [4.78, 5) is 85.0. The monoisotopic (exact) mass is 640 g/mol. The smallest absolute Gasteiger partial charge is 0.290 e. The number of aromatic nitrogens is 2. The molecule has 46 heavy (non-hydrogen) atoms. The molecule has 0 aliphatic heterocycles. The van der Waals surface area contributed by atoms with Gasteiger partial charge in [-0.1, -0.05) is 6.07 Å². The number of fused-ring (bicyclic) bond motifs is 4. The van der Waals surface area contributed by atoms with Crippen LogP contribution in [0.5, 0.6) is 11.5 Å². The largest absolute Gasteiger partial charge is 0.510 e. The minimum atomic E-state index is -2.01. The van der Waals surface area contributed by atoms with E-state index in [4.69, 9.17) is 4.74 Å². The molecule has 1 spiro atoms. The van der Waals surface area contributed by atoms with E-state index in [0.29, 0.717) is 10.6 Å². The van der Waals surface area contributed by atoms with Gasteiger partial charge in [0.2, 0.25) is 16.3 Å². The van der Waals surface area contributed by atoms with Crippen LogP contribution in [0.2, 0.25) is 0 Å². The number of aryl methyl sites for hydroxylation is 2. The van der Waals surface area contributed by atoms with E-state index < -0.39 is 82.5 Å². The number of aliphatic hydroxyl groups is 2. The topological polar surface area (TPSA) is 225 Å². The molecule has 4 aliphatic carbocycles. The molecule has 0 saturated heterocycles. The van der Waals surface area contributed by atoms with Gasteiger partial charge in [0.15, 0.2) is 11.2 Å². The quantitative estimate of drug-likeness (QED) is 0.119. The number of benzene rings is 1. The number of methoxy groups -OCH3 is 1. The van der Waals surface area contributed by atoms with Crippen molar-refractivity contribution in [3.8, 4) is 11.5 Å². The minimum Gasteiger partial charge on any atom is -0.510 e. The highest BCUT2D eigenvalue weighted by atomic mass is 32.1. The van der Waals surface area contributed by atoms with Crippen LogP contribution in [0.4, 0.5) is 0 Å². The zero-order valence-electron chi connectivity index (χ0n) is 23.8. The molecule has 1 unspecified atom stereocenters. The van der Waals surface area contributed by atoms with Gasteiger partial charge in [-0.05, 0) is 36.8 Å². The maximum Gasteiger partial charge on any atom is 0.290 e. The van der Waals surface area contributed by atoms with E-state index in [1.54, 1.807) is 18.4 Å². The number of pyridine rings is 1. The summed E-state index contributed by atoms with van der Waals surface area (Å²) >= 11 is 1.29. The Bertz CT molecular complexity index is 2740. The number of rotatable bonds is 4. The van der Waals surface area contributed by atoms with Gasteiger partial charge in [0.25, 0.3) is 11.5 Å². The summed E-state index contributed by atoms with van der Waals surface area (Å²) in [5.41, 5.74) is -4.14. The number of hydrogen-bond donors (Lipinski definition) is 5. The second kappa shape index (κ2) is 9.77. The number of aromatic hydroxyl groups is 1. The highest BCUT2D eigenvalue weighted by Gasteiger charge is 2.53. The molecule has 0 fully saturated rings. The zero-order chi connectivity index (χ0) is 32.8. The number of phenolic OH excluding ortho intramolecular Hbond substituents is 1. The summed E-state index contributed by atoms with van der Waals surface area (Å²) in [6, 6.07) is 3.81. The third kappa shape index (κ3) is 3.68. The van der Waals surface area contributed by atoms with E-state index in [0.717, 1.165) is 13.2 Å². The number of aliphatic hydroxyl groups excluding tert-OH is 2. The minimum absolute atomic E-state index is 0.103. The first kappa shape index (κ1) is 28.8. The summed E-state index contributed by atoms with van der Waals surface area (Å²) < 4.78 is 4.89. The summed E-state index contributed by atoms with van der Waals surface area (Å²) in [5, 5.41) is 37.9. The van der Waals surface area contributed by atoms with E-state index in [1.165, 1.54) is 23.6 Å². The maximum atomic E-state index is 13.6. The van der Waals surface area contributed by atoms with Crippen molar-refractivity contribution in [2.24, 2.45) is 5.10 Å². The molecule has 0 bridgehead atoms. The average molecular weight is 641 g/mol. The first-order valence-electron chi connectivity index (χ1n) is 13.6. The molecule has 1 amide bonds. The maximum absolute atomic E-state index is 13.6. The number of aromatic amines is 1. The lowest BCUT2D eigenvalue weighted by Crippen LogP contribution is -2.51. The second-order valence-electron chi connectivity index (χ2n) is 10.9. The Morgan fingerprint density at radius 1 is 1.02 bits per heavy atom. The predicted molar refractivity (Wildman–Crippen MR) is 165 cm³/mol. The molecule has 1 atom stereocenters. The highest BCUT2D eigenvalue weighted by molar-refractivity contribution is 7.09. The van der Waals surface area contributed by atoms with Crippen molar-refractivity contribution in [2.75, 3.05) is 7.11 Å². The Hall–Kier alpha value is -5.96. The number of nitrogens with one attached hydrogen (secondary N) is 2. The molecular weight excluding hydrogens is 620 g/mol. The molecule has 230 valence electrons. The van der Waals surface area contributed by atoms with Crippen molar-refractivity contribution in [2.45, 2.75) is 25.2 Å². The van der Waals surface area contributed by atoms with Crippen molar-refractivity contribution < 1.29 is 24.9 Å². The van der Waals surface area contributed by atoms with Crippen molar-refractivity contribution in [3.63, 3.8) is 0 Å². The van der Waals surface area contributed by atoms with Crippen LogP contribution in [0.15, 0.2) is 52.7 Å². The summed E-state index contributed by atoms with van der Waals surface area (Å²) in [6.45, 7) is 1.75. The lowest BCUT2D eigenvalue weighted by atomic mass is 9.78.